The number of rotatable bonds is 13. The molecule has 8 heteroatoms. The summed E-state index contributed by atoms with van der Waals surface area (Å²) in [6, 6.07) is 0. The first kappa shape index (κ1) is 19.6. The maximum atomic E-state index is 11.9. The highest BCUT2D eigenvalue weighted by molar-refractivity contribution is 5.81. The molecule has 0 aliphatic carbocycles. The molecule has 2 amide bonds. The van der Waals surface area contributed by atoms with Crippen LogP contribution in [-0.2, 0) is 4.79 Å². The summed E-state index contributed by atoms with van der Waals surface area (Å²) in [4.78, 5) is 24.0. The number of amides is 2. The fourth-order valence-electron chi connectivity index (χ4n) is 1.81. The zero-order valence-corrected chi connectivity index (χ0v) is 12.6. The van der Waals surface area contributed by atoms with Gasteiger partial charge in [-0.3, -0.25) is 4.79 Å². The third-order valence-electron chi connectivity index (χ3n) is 2.96. The Bertz CT molecular complexity index is 289. The Morgan fingerprint density at radius 3 is 2.19 bits per heavy atom. The summed E-state index contributed by atoms with van der Waals surface area (Å²) in [5.41, 5.74) is 10.9. The van der Waals surface area contributed by atoms with Gasteiger partial charge in [-0.05, 0) is 51.9 Å². The molecule has 0 radical (unpaired) electrons. The summed E-state index contributed by atoms with van der Waals surface area (Å²) < 4.78 is 0. The largest absolute Gasteiger partial charge is 0.465 e. The van der Waals surface area contributed by atoms with Gasteiger partial charge in [-0.25, -0.2) is 4.79 Å². The molecule has 0 bridgehead atoms. The first-order chi connectivity index (χ1) is 10.1. The summed E-state index contributed by atoms with van der Waals surface area (Å²) in [6.45, 7) is 4.01. The van der Waals surface area contributed by atoms with Crippen LogP contribution in [0.1, 0.15) is 25.7 Å². The van der Waals surface area contributed by atoms with Crippen molar-refractivity contribution in [2.24, 2.45) is 11.5 Å². The van der Waals surface area contributed by atoms with Crippen molar-refractivity contribution < 1.29 is 14.7 Å². The highest BCUT2D eigenvalue weighted by Crippen LogP contribution is 1.98. The van der Waals surface area contributed by atoms with E-state index in [1.807, 2.05) is 0 Å². The zero-order chi connectivity index (χ0) is 15.9. The van der Waals surface area contributed by atoms with E-state index in [2.05, 4.69) is 10.6 Å². The van der Waals surface area contributed by atoms with E-state index in [9.17, 15) is 9.59 Å². The third kappa shape index (κ3) is 12.1. The molecule has 7 N–H and O–H groups in total. The van der Waals surface area contributed by atoms with Crippen LogP contribution in [0.25, 0.3) is 0 Å². The van der Waals surface area contributed by atoms with Crippen molar-refractivity contribution in [3.05, 3.63) is 0 Å². The number of carboxylic acid groups (broad SMARTS) is 1. The summed E-state index contributed by atoms with van der Waals surface area (Å²) >= 11 is 0. The quantitative estimate of drug-likeness (QED) is 0.281. The standard InChI is InChI=1S/C13H29N5O3/c14-5-3-8-16-7-1-2-9-18(10-4-6-15)12(19)11-17-13(20)21/h16-17H,1-11,14-15H2,(H,20,21). The number of unbranched alkanes of at least 4 members (excludes halogenated alkanes) is 1. The highest BCUT2D eigenvalue weighted by Gasteiger charge is 2.13. The second-order valence-corrected chi connectivity index (χ2v) is 4.78. The third-order valence-corrected chi connectivity index (χ3v) is 2.96. The molecule has 21 heavy (non-hydrogen) atoms. The molecule has 0 unspecified atom stereocenters. The highest BCUT2D eigenvalue weighted by atomic mass is 16.4. The molecule has 0 fully saturated rings. The van der Waals surface area contributed by atoms with Gasteiger partial charge in [0, 0.05) is 13.1 Å². The number of hydrogen-bond acceptors (Lipinski definition) is 5. The van der Waals surface area contributed by atoms with Gasteiger partial charge in [-0.2, -0.15) is 0 Å². The van der Waals surface area contributed by atoms with Crippen molar-refractivity contribution in [3.63, 3.8) is 0 Å². The van der Waals surface area contributed by atoms with E-state index in [-0.39, 0.29) is 12.5 Å². The fraction of sp³-hybridized carbons (Fsp3) is 0.846. The lowest BCUT2D eigenvalue weighted by Crippen LogP contribution is -2.41. The number of nitrogens with one attached hydrogen (secondary N) is 2. The van der Waals surface area contributed by atoms with Gasteiger partial charge in [0.1, 0.15) is 6.54 Å². The Kier molecular flexibility index (Phi) is 12.7. The van der Waals surface area contributed by atoms with Crippen molar-refractivity contribution >= 4 is 12.0 Å². The molecule has 0 heterocycles. The molecule has 0 aromatic carbocycles. The van der Waals surface area contributed by atoms with E-state index in [1.165, 1.54) is 0 Å². The van der Waals surface area contributed by atoms with Crippen molar-refractivity contribution in [2.75, 3.05) is 45.8 Å². The predicted octanol–water partition coefficient (Wildman–Crippen LogP) is -0.850. The molecule has 0 spiro atoms. The van der Waals surface area contributed by atoms with Crippen LogP contribution in [0.2, 0.25) is 0 Å². The van der Waals surface area contributed by atoms with E-state index in [0.717, 1.165) is 32.4 Å². The van der Waals surface area contributed by atoms with Gasteiger partial charge in [-0.1, -0.05) is 0 Å². The number of carbonyl (C=O) groups excluding carboxylic acids is 1. The number of nitrogens with zero attached hydrogens (tertiary/aromatic N) is 1. The first-order valence-corrected chi connectivity index (χ1v) is 7.47. The SMILES string of the molecule is NCCCNCCCCN(CCCN)C(=O)CNC(=O)O. The van der Waals surface area contributed by atoms with Crippen LogP contribution >= 0.6 is 0 Å². The maximum absolute atomic E-state index is 11.9. The average Bonchev–Trinajstić information content (AvgIpc) is 2.46. The van der Waals surface area contributed by atoms with Crippen molar-refractivity contribution in [1.82, 2.24) is 15.5 Å². The summed E-state index contributed by atoms with van der Waals surface area (Å²) in [7, 11) is 0. The number of hydrogen-bond donors (Lipinski definition) is 5. The molecule has 0 aromatic heterocycles. The topological polar surface area (TPSA) is 134 Å². The van der Waals surface area contributed by atoms with E-state index in [0.29, 0.717) is 32.6 Å². The normalized spacial score (nSPS) is 10.4. The zero-order valence-electron chi connectivity index (χ0n) is 12.6. The molecule has 0 rings (SSSR count). The van der Waals surface area contributed by atoms with Gasteiger partial charge in [0.05, 0.1) is 0 Å². The second kappa shape index (κ2) is 13.6. The molecular formula is C13H29N5O3. The molecule has 8 nitrogen and oxygen atoms in total. The molecule has 0 aliphatic rings. The monoisotopic (exact) mass is 303 g/mol. The number of nitrogens with two attached hydrogens (primary N) is 2. The van der Waals surface area contributed by atoms with Crippen LogP contribution < -0.4 is 22.1 Å². The summed E-state index contributed by atoms with van der Waals surface area (Å²) in [5, 5.41) is 13.9. The second-order valence-electron chi connectivity index (χ2n) is 4.78. The van der Waals surface area contributed by atoms with Gasteiger partial charge in [0.15, 0.2) is 0 Å². The van der Waals surface area contributed by atoms with E-state index in [1.54, 1.807) is 4.90 Å². The minimum Gasteiger partial charge on any atom is -0.465 e. The fourth-order valence-corrected chi connectivity index (χ4v) is 1.81. The summed E-state index contributed by atoms with van der Waals surface area (Å²) in [6.07, 6.45) is 2.32. The Morgan fingerprint density at radius 1 is 0.952 bits per heavy atom. The van der Waals surface area contributed by atoms with Crippen LogP contribution in [0.4, 0.5) is 4.79 Å². The van der Waals surface area contributed by atoms with Gasteiger partial charge < -0.3 is 32.1 Å². The average molecular weight is 303 g/mol. The van der Waals surface area contributed by atoms with Crippen molar-refractivity contribution in [3.8, 4) is 0 Å². The molecular weight excluding hydrogens is 274 g/mol. The molecule has 0 saturated carbocycles. The van der Waals surface area contributed by atoms with Crippen LogP contribution in [-0.4, -0.2) is 67.8 Å². The lowest BCUT2D eigenvalue weighted by atomic mass is 10.2. The lowest BCUT2D eigenvalue weighted by Gasteiger charge is -2.22. The smallest absolute Gasteiger partial charge is 0.405 e. The minimum absolute atomic E-state index is 0.186. The van der Waals surface area contributed by atoms with Gasteiger partial charge in [-0.15, -0.1) is 0 Å². The number of carbonyl (C=O) groups is 2. The van der Waals surface area contributed by atoms with Crippen LogP contribution in [0.5, 0.6) is 0 Å². The van der Waals surface area contributed by atoms with Gasteiger partial charge >= 0.3 is 6.09 Å². The molecule has 0 aliphatic heterocycles. The van der Waals surface area contributed by atoms with Gasteiger partial charge in [0.2, 0.25) is 5.91 Å². The van der Waals surface area contributed by atoms with E-state index in [4.69, 9.17) is 16.6 Å². The van der Waals surface area contributed by atoms with Gasteiger partial charge in [0.25, 0.3) is 0 Å². The lowest BCUT2D eigenvalue weighted by molar-refractivity contribution is -0.130. The minimum atomic E-state index is -1.19. The molecule has 0 saturated heterocycles. The molecule has 0 atom stereocenters. The molecule has 124 valence electrons. The predicted molar refractivity (Wildman–Crippen MR) is 82.1 cm³/mol. The Hall–Kier alpha value is -1.38. The Balaban J connectivity index is 3.89. The first-order valence-electron chi connectivity index (χ1n) is 7.47. The summed E-state index contributed by atoms with van der Waals surface area (Å²) in [5.74, 6) is -0.207. The maximum Gasteiger partial charge on any atom is 0.405 e. The van der Waals surface area contributed by atoms with E-state index >= 15 is 0 Å². The van der Waals surface area contributed by atoms with E-state index < -0.39 is 6.09 Å². The molecule has 0 aromatic rings. The Labute approximate surface area is 126 Å². The van der Waals surface area contributed by atoms with Crippen LogP contribution in [0, 0.1) is 0 Å². The Morgan fingerprint density at radius 2 is 1.57 bits per heavy atom. The van der Waals surface area contributed by atoms with Crippen LogP contribution in [0.15, 0.2) is 0 Å². The van der Waals surface area contributed by atoms with Crippen molar-refractivity contribution in [1.29, 1.82) is 0 Å². The van der Waals surface area contributed by atoms with Crippen molar-refractivity contribution in [2.45, 2.75) is 25.7 Å². The van der Waals surface area contributed by atoms with Crippen LogP contribution in [0.3, 0.4) is 0 Å².